The molecular formula is C17H22ClN5O. The highest BCUT2D eigenvalue weighted by Gasteiger charge is 2.21. The first kappa shape index (κ1) is 17.0. The van der Waals surface area contributed by atoms with Crippen molar-refractivity contribution in [1.82, 2.24) is 14.8 Å². The van der Waals surface area contributed by atoms with Crippen LogP contribution in [0.5, 0.6) is 0 Å². The number of aryl methyl sites for hydroxylation is 1. The summed E-state index contributed by atoms with van der Waals surface area (Å²) >= 11 is 6.16. The number of benzene rings is 1. The maximum absolute atomic E-state index is 13.1. The summed E-state index contributed by atoms with van der Waals surface area (Å²) in [6, 6.07) is 5.48. The fraction of sp³-hybridized carbons (Fsp3) is 0.412. The number of fused-ring (bicyclic) bond motifs is 3. The number of rotatable bonds is 5. The molecule has 0 amide bonds. The smallest absolute Gasteiger partial charge is 0.262 e. The number of H-pyrrole nitrogens is 1. The standard InChI is InChI=1S/C17H22ClN5O/c1-17(2,20)9-12-14-15(22-21-12)11-8-10(18)4-5-13(11)23(16(14)24)7-3-6-19/h4-5,8H,3,6-7,9,19-20H2,1-2H3,(H,21,22). The molecule has 1 aromatic carbocycles. The molecule has 2 aromatic heterocycles. The summed E-state index contributed by atoms with van der Waals surface area (Å²) in [6.07, 6.45) is 1.25. The molecule has 3 aromatic rings. The lowest BCUT2D eigenvalue weighted by Gasteiger charge is -2.17. The van der Waals surface area contributed by atoms with Gasteiger partial charge in [0, 0.05) is 28.9 Å². The first-order valence-corrected chi connectivity index (χ1v) is 8.37. The third-order valence-electron chi connectivity index (χ3n) is 4.02. The second-order valence-electron chi connectivity index (χ2n) is 6.85. The monoisotopic (exact) mass is 347 g/mol. The Bertz CT molecular complexity index is 951. The second-order valence-corrected chi connectivity index (χ2v) is 7.29. The highest BCUT2D eigenvalue weighted by Crippen LogP contribution is 2.27. The molecule has 0 aliphatic heterocycles. The predicted molar refractivity (Wildman–Crippen MR) is 98.5 cm³/mol. The van der Waals surface area contributed by atoms with Gasteiger partial charge in [-0.15, -0.1) is 0 Å². The summed E-state index contributed by atoms with van der Waals surface area (Å²) in [7, 11) is 0. The SMILES string of the molecule is CC(C)(N)Cc1[nH]nc2c1c(=O)n(CCCN)c1ccc(Cl)cc21. The largest absolute Gasteiger partial charge is 0.330 e. The normalized spacial score (nSPS) is 12.4. The van der Waals surface area contributed by atoms with Crippen LogP contribution < -0.4 is 17.0 Å². The van der Waals surface area contributed by atoms with Gasteiger partial charge in [0.25, 0.3) is 5.56 Å². The van der Waals surface area contributed by atoms with E-state index in [1.807, 2.05) is 26.0 Å². The van der Waals surface area contributed by atoms with Crippen molar-refractivity contribution in [3.8, 4) is 0 Å². The van der Waals surface area contributed by atoms with E-state index >= 15 is 0 Å². The Labute approximate surface area is 144 Å². The maximum atomic E-state index is 13.1. The first-order valence-electron chi connectivity index (χ1n) is 8.00. The molecule has 7 heteroatoms. The molecule has 24 heavy (non-hydrogen) atoms. The number of hydrogen-bond donors (Lipinski definition) is 3. The lowest BCUT2D eigenvalue weighted by atomic mass is 9.98. The Hall–Kier alpha value is -1.89. The Kier molecular flexibility index (Phi) is 4.38. The Morgan fingerprint density at radius 1 is 1.38 bits per heavy atom. The second kappa shape index (κ2) is 6.20. The zero-order valence-electron chi connectivity index (χ0n) is 13.9. The highest BCUT2D eigenvalue weighted by molar-refractivity contribution is 6.31. The Balaban J connectivity index is 2.36. The lowest BCUT2D eigenvalue weighted by molar-refractivity contribution is 0.511. The number of nitrogens with one attached hydrogen (secondary N) is 1. The van der Waals surface area contributed by atoms with E-state index in [0.29, 0.717) is 35.4 Å². The van der Waals surface area contributed by atoms with Gasteiger partial charge in [-0.2, -0.15) is 5.10 Å². The number of hydrogen-bond acceptors (Lipinski definition) is 4. The molecule has 0 saturated carbocycles. The zero-order valence-corrected chi connectivity index (χ0v) is 14.7. The third kappa shape index (κ3) is 3.05. The zero-order chi connectivity index (χ0) is 17.5. The van der Waals surface area contributed by atoms with Crippen LogP contribution in [0.25, 0.3) is 21.8 Å². The molecule has 0 spiro atoms. The van der Waals surface area contributed by atoms with Crippen LogP contribution in [0.3, 0.4) is 0 Å². The summed E-state index contributed by atoms with van der Waals surface area (Å²) in [5.41, 5.74) is 13.5. The molecule has 0 fully saturated rings. The van der Waals surface area contributed by atoms with E-state index < -0.39 is 5.54 Å². The van der Waals surface area contributed by atoms with E-state index in [-0.39, 0.29) is 5.56 Å². The van der Waals surface area contributed by atoms with Gasteiger partial charge in [-0.05, 0) is 45.0 Å². The van der Waals surface area contributed by atoms with Crippen LogP contribution >= 0.6 is 11.6 Å². The molecule has 0 aliphatic rings. The third-order valence-corrected chi connectivity index (χ3v) is 4.26. The molecule has 5 N–H and O–H groups in total. The van der Waals surface area contributed by atoms with Crippen molar-refractivity contribution in [2.75, 3.05) is 6.54 Å². The number of aromatic nitrogens is 3. The Morgan fingerprint density at radius 2 is 2.12 bits per heavy atom. The van der Waals surface area contributed by atoms with Gasteiger partial charge in [0.2, 0.25) is 0 Å². The quantitative estimate of drug-likeness (QED) is 0.658. The minimum absolute atomic E-state index is 0.0683. The van der Waals surface area contributed by atoms with Crippen molar-refractivity contribution in [2.24, 2.45) is 11.5 Å². The van der Waals surface area contributed by atoms with Crippen molar-refractivity contribution < 1.29 is 0 Å². The van der Waals surface area contributed by atoms with Gasteiger partial charge in [-0.3, -0.25) is 9.89 Å². The molecule has 2 heterocycles. The van der Waals surface area contributed by atoms with Crippen LogP contribution in [0.1, 0.15) is 26.0 Å². The fourth-order valence-corrected chi connectivity index (χ4v) is 3.21. The van der Waals surface area contributed by atoms with Crippen LogP contribution in [0.2, 0.25) is 5.02 Å². The first-order chi connectivity index (χ1) is 11.3. The lowest BCUT2D eigenvalue weighted by Crippen LogP contribution is -2.35. The van der Waals surface area contributed by atoms with Crippen molar-refractivity contribution >= 4 is 33.4 Å². The molecule has 0 bridgehead atoms. The van der Waals surface area contributed by atoms with Crippen molar-refractivity contribution in [1.29, 1.82) is 0 Å². The maximum Gasteiger partial charge on any atom is 0.262 e. The molecule has 3 rings (SSSR count). The molecule has 0 saturated heterocycles. The van der Waals surface area contributed by atoms with Gasteiger partial charge in [0.05, 0.1) is 16.6 Å². The van der Waals surface area contributed by atoms with Crippen LogP contribution in [-0.2, 0) is 13.0 Å². The number of pyridine rings is 1. The number of halogens is 1. The van der Waals surface area contributed by atoms with Crippen LogP contribution in [0.15, 0.2) is 23.0 Å². The van der Waals surface area contributed by atoms with Crippen molar-refractivity contribution in [3.05, 3.63) is 39.3 Å². The van der Waals surface area contributed by atoms with E-state index in [0.717, 1.165) is 23.0 Å². The van der Waals surface area contributed by atoms with Crippen molar-refractivity contribution in [2.45, 2.75) is 38.8 Å². The van der Waals surface area contributed by atoms with Crippen LogP contribution in [-0.4, -0.2) is 26.8 Å². The summed E-state index contributed by atoms with van der Waals surface area (Å²) in [4.78, 5) is 13.1. The molecule has 128 valence electrons. The average Bonchev–Trinajstić information content (AvgIpc) is 2.89. The van der Waals surface area contributed by atoms with Crippen LogP contribution in [0.4, 0.5) is 0 Å². The highest BCUT2D eigenvalue weighted by atomic mass is 35.5. The average molecular weight is 348 g/mol. The molecule has 0 radical (unpaired) electrons. The van der Waals surface area contributed by atoms with Gasteiger partial charge in [-0.25, -0.2) is 0 Å². The van der Waals surface area contributed by atoms with Gasteiger partial charge in [0.1, 0.15) is 5.52 Å². The minimum Gasteiger partial charge on any atom is -0.330 e. The molecular weight excluding hydrogens is 326 g/mol. The van der Waals surface area contributed by atoms with E-state index in [9.17, 15) is 4.79 Å². The topological polar surface area (TPSA) is 103 Å². The van der Waals surface area contributed by atoms with Crippen molar-refractivity contribution in [3.63, 3.8) is 0 Å². The fourth-order valence-electron chi connectivity index (χ4n) is 3.04. The van der Waals surface area contributed by atoms with E-state index in [2.05, 4.69) is 10.2 Å². The Morgan fingerprint density at radius 3 is 2.79 bits per heavy atom. The van der Waals surface area contributed by atoms with E-state index in [1.165, 1.54) is 0 Å². The summed E-state index contributed by atoms with van der Waals surface area (Å²) in [6.45, 7) is 4.92. The summed E-state index contributed by atoms with van der Waals surface area (Å²) < 4.78 is 1.75. The molecule has 0 aliphatic carbocycles. The van der Waals surface area contributed by atoms with E-state index in [4.69, 9.17) is 23.1 Å². The van der Waals surface area contributed by atoms with Gasteiger partial charge in [-0.1, -0.05) is 11.6 Å². The van der Waals surface area contributed by atoms with Crippen LogP contribution in [0, 0.1) is 0 Å². The molecule has 6 nitrogen and oxygen atoms in total. The van der Waals surface area contributed by atoms with Gasteiger partial charge in [0.15, 0.2) is 0 Å². The number of aromatic amines is 1. The molecule has 0 atom stereocenters. The number of nitrogens with two attached hydrogens (primary N) is 2. The summed E-state index contributed by atoms with van der Waals surface area (Å²) in [5, 5.41) is 9.42. The van der Waals surface area contributed by atoms with E-state index in [1.54, 1.807) is 10.6 Å². The predicted octanol–water partition coefficient (Wildman–Crippen LogP) is 2.16. The minimum atomic E-state index is -0.447. The summed E-state index contributed by atoms with van der Waals surface area (Å²) in [5.74, 6) is 0. The number of nitrogens with zero attached hydrogens (tertiary/aromatic N) is 2. The molecule has 0 unspecified atom stereocenters. The van der Waals surface area contributed by atoms with Gasteiger partial charge >= 0.3 is 0 Å². The van der Waals surface area contributed by atoms with Gasteiger partial charge < -0.3 is 16.0 Å².